The van der Waals surface area contributed by atoms with Gasteiger partial charge in [-0.3, -0.25) is 9.78 Å². The Morgan fingerprint density at radius 2 is 2.04 bits per heavy atom. The average molecular weight is 370 g/mol. The molecule has 0 unspecified atom stereocenters. The highest BCUT2D eigenvalue weighted by atomic mass is 16.5. The van der Waals surface area contributed by atoms with Crippen LogP contribution in [0.4, 0.5) is 5.69 Å². The number of anilines is 1. The first kappa shape index (κ1) is 18.0. The summed E-state index contributed by atoms with van der Waals surface area (Å²) >= 11 is 0. The van der Waals surface area contributed by atoms with Crippen LogP contribution in [-0.4, -0.2) is 24.4 Å². The van der Waals surface area contributed by atoms with Gasteiger partial charge in [0.1, 0.15) is 11.4 Å². The molecule has 2 heterocycles. The molecule has 4 heteroatoms. The number of hydrogen-bond acceptors (Lipinski definition) is 4. The predicted octanol–water partition coefficient (Wildman–Crippen LogP) is 5.05. The summed E-state index contributed by atoms with van der Waals surface area (Å²) in [5.74, 6) is 0.829. The lowest BCUT2D eigenvalue weighted by Gasteiger charge is -2.26. The molecular weight excluding hydrogens is 348 g/mol. The van der Waals surface area contributed by atoms with Crippen LogP contribution in [0.3, 0.4) is 0 Å². The van der Waals surface area contributed by atoms with Crippen molar-refractivity contribution >= 4 is 23.1 Å². The van der Waals surface area contributed by atoms with Crippen molar-refractivity contribution in [3.63, 3.8) is 0 Å². The quantitative estimate of drug-likeness (QED) is 0.709. The van der Waals surface area contributed by atoms with Gasteiger partial charge in [-0.1, -0.05) is 12.1 Å². The fraction of sp³-hybridized carbons (Fsp3) is 0.167. The Balaban J connectivity index is 1.65. The first-order chi connectivity index (χ1) is 13.6. The predicted molar refractivity (Wildman–Crippen MR) is 113 cm³/mol. The second kappa shape index (κ2) is 7.31. The van der Waals surface area contributed by atoms with Gasteiger partial charge in [-0.25, -0.2) is 0 Å². The number of aromatic nitrogens is 1. The second-order valence-corrected chi connectivity index (χ2v) is 6.82. The zero-order valence-electron chi connectivity index (χ0n) is 16.3. The number of pyridine rings is 1. The molecule has 1 aromatic heterocycles. The Hall–Kier alpha value is -3.40. The van der Waals surface area contributed by atoms with Crippen molar-refractivity contribution in [2.75, 3.05) is 18.6 Å². The van der Waals surface area contributed by atoms with Crippen LogP contribution in [-0.2, 0) is 0 Å². The lowest BCUT2D eigenvalue weighted by Crippen LogP contribution is -2.18. The van der Waals surface area contributed by atoms with Crippen LogP contribution in [0.25, 0.3) is 11.6 Å². The third kappa shape index (κ3) is 3.18. The number of ketones is 1. The van der Waals surface area contributed by atoms with E-state index in [1.54, 1.807) is 6.20 Å². The highest BCUT2D eigenvalue weighted by molar-refractivity contribution is 6.15. The number of rotatable bonds is 3. The minimum atomic E-state index is -0.0396. The Labute approximate surface area is 165 Å². The zero-order valence-corrected chi connectivity index (χ0v) is 16.3. The van der Waals surface area contributed by atoms with Crippen molar-refractivity contribution in [1.82, 2.24) is 4.98 Å². The van der Waals surface area contributed by atoms with E-state index in [0.29, 0.717) is 17.9 Å². The van der Waals surface area contributed by atoms with Crippen molar-refractivity contribution in [3.8, 4) is 5.75 Å². The molecule has 0 N–H and O–H groups in total. The summed E-state index contributed by atoms with van der Waals surface area (Å²) in [6.07, 6.45) is 11.6. The molecule has 0 fully saturated rings. The molecule has 0 radical (unpaired) electrons. The van der Waals surface area contributed by atoms with E-state index >= 15 is 0 Å². The zero-order chi connectivity index (χ0) is 19.7. The van der Waals surface area contributed by atoms with Gasteiger partial charge in [0.05, 0.1) is 6.61 Å². The Kier molecular flexibility index (Phi) is 4.70. The second-order valence-electron chi connectivity index (χ2n) is 6.82. The van der Waals surface area contributed by atoms with Crippen molar-refractivity contribution in [3.05, 3.63) is 88.9 Å². The molecule has 0 bridgehead atoms. The lowest BCUT2D eigenvalue weighted by molar-refractivity contribution is 0.103. The van der Waals surface area contributed by atoms with Gasteiger partial charge in [-0.05, 0) is 68.0 Å². The highest BCUT2D eigenvalue weighted by Gasteiger charge is 2.22. The number of hydrogen-bond donors (Lipinski definition) is 0. The standard InChI is InChI=1S/C24H22N2O2/c1-4-28-20-11-12-22-17(15-20)7-9-19(26(22)3)10-8-18-14-16(2)21-6-5-13-25-23(21)24(18)27/h5-15H,4H2,1-3H3. The number of Topliss-reactive ketones (excluding diaryl/α,β-unsaturated/α-hetero) is 1. The van der Waals surface area contributed by atoms with Crippen molar-refractivity contribution in [2.24, 2.45) is 0 Å². The maximum atomic E-state index is 12.8. The van der Waals surface area contributed by atoms with E-state index in [4.69, 9.17) is 4.74 Å². The fourth-order valence-corrected chi connectivity index (χ4v) is 3.54. The van der Waals surface area contributed by atoms with E-state index in [1.807, 2.05) is 69.5 Å². The first-order valence-electron chi connectivity index (χ1n) is 9.37. The Morgan fingerprint density at radius 1 is 1.18 bits per heavy atom. The maximum Gasteiger partial charge on any atom is 0.211 e. The summed E-state index contributed by atoms with van der Waals surface area (Å²) in [5.41, 5.74) is 6.35. The molecule has 0 saturated heterocycles. The lowest BCUT2D eigenvalue weighted by atomic mass is 9.91. The average Bonchev–Trinajstić information content (AvgIpc) is 2.71. The van der Waals surface area contributed by atoms with Crippen LogP contribution in [0, 0.1) is 0 Å². The van der Waals surface area contributed by atoms with Gasteiger partial charge < -0.3 is 9.64 Å². The number of fused-ring (bicyclic) bond motifs is 2. The van der Waals surface area contributed by atoms with Gasteiger partial charge in [-0.15, -0.1) is 0 Å². The molecule has 140 valence electrons. The van der Waals surface area contributed by atoms with Crippen LogP contribution >= 0.6 is 0 Å². The SMILES string of the molecule is CCOc1ccc2c(c1)C=CC(=CC=C1C=C(C)c3cccnc3C1=O)N2C. The molecule has 0 amide bonds. The third-order valence-electron chi connectivity index (χ3n) is 5.01. The van der Waals surface area contributed by atoms with E-state index in [0.717, 1.165) is 33.8 Å². The van der Waals surface area contributed by atoms with Gasteiger partial charge >= 0.3 is 0 Å². The van der Waals surface area contributed by atoms with Gasteiger partial charge in [0.15, 0.2) is 0 Å². The van der Waals surface area contributed by atoms with E-state index in [1.165, 1.54) is 0 Å². The molecule has 0 saturated carbocycles. The number of likely N-dealkylation sites (N-methyl/N-ethyl adjacent to an activating group) is 1. The molecule has 4 rings (SSSR count). The largest absolute Gasteiger partial charge is 0.494 e. The fourth-order valence-electron chi connectivity index (χ4n) is 3.54. The van der Waals surface area contributed by atoms with E-state index in [2.05, 4.69) is 22.0 Å². The minimum Gasteiger partial charge on any atom is -0.494 e. The van der Waals surface area contributed by atoms with Gasteiger partial charge in [0.25, 0.3) is 0 Å². The topological polar surface area (TPSA) is 42.4 Å². The Morgan fingerprint density at radius 3 is 2.86 bits per heavy atom. The third-order valence-corrected chi connectivity index (χ3v) is 5.01. The summed E-state index contributed by atoms with van der Waals surface area (Å²) in [6, 6.07) is 9.87. The molecule has 2 aliphatic rings. The summed E-state index contributed by atoms with van der Waals surface area (Å²) in [4.78, 5) is 19.1. The molecule has 0 spiro atoms. The summed E-state index contributed by atoms with van der Waals surface area (Å²) in [7, 11) is 2.02. The molecule has 4 nitrogen and oxygen atoms in total. The van der Waals surface area contributed by atoms with Crippen molar-refractivity contribution in [2.45, 2.75) is 13.8 Å². The van der Waals surface area contributed by atoms with Gasteiger partial charge in [0.2, 0.25) is 5.78 Å². The number of carbonyl (C=O) groups excluding carboxylic acids is 1. The van der Waals surface area contributed by atoms with Crippen LogP contribution in [0.5, 0.6) is 5.75 Å². The molecule has 1 aliphatic carbocycles. The number of nitrogens with zero attached hydrogens (tertiary/aromatic N) is 2. The molecule has 1 aromatic carbocycles. The normalized spacial score (nSPS) is 18.2. The molecule has 28 heavy (non-hydrogen) atoms. The van der Waals surface area contributed by atoms with E-state index in [-0.39, 0.29) is 5.78 Å². The van der Waals surface area contributed by atoms with E-state index in [9.17, 15) is 4.79 Å². The van der Waals surface area contributed by atoms with Crippen LogP contribution < -0.4 is 9.64 Å². The maximum absolute atomic E-state index is 12.8. The monoisotopic (exact) mass is 370 g/mol. The highest BCUT2D eigenvalue weighted by Crippen LogP contribution is 2.33. The molecular formula is C24H22N2O2. The van der Waals surface area contributed by atoms with Crippen molar-refractivity contribution in [1.29, 1.82) is 0 Å². The molecule has 1 aliphatic heterocycles. The van der Waals surface area contributed by atoms with Gasteiger partial charge in [-0.2, -0.15) is 0 Å². The minimum absolute atomic E-state index is 0.0396. The number of carbonyl (C=O) groups is 1. The van der Waals surface area contributed by atoms with Crippen LogP contribution in [0.1, 0.15) is 35.5 Å². The number of allylic oxidation sites excluding steroid dienone is 6. The molecule has 0 atom stereocenters. The summed E-state index contributed by atoms with van der Waals surface area (Å²) in [5, 5.41) is 0. The first-order valence-corrected chi connectivity index (χ1v) is 9.37. The molecule has 2 aromatic rings. The van der Waals surface area contributed by atoms with Crippen LogP contribution in [0.2, 0.25) is 0 Å². The smallest absolute Gasteiger partial charge is 0.211 e. The summed E-state index contributed by atoms with van der Waals surface area (Å²) in [6.45, 7) is 4.63. The van der Waals surface area contributed by atoms with Crippen LogP contribution in [0.15, 0.2) is 72.1 Å². The van der Waals surface area contributed by atoms with Crippen molar-refractivity contribution < 1.29 is 9.53 Å². The summed E-state index contributed by atoms with van der Waals surface area (Å²) < 4.78 is 5.59. The van der Waals surface area contributed by atoms with Gasteiger partial charge in [0, 0.05) is 41.3 Å². The Bertz CT molecular complexity index is 1070. The number of benzene rings is 1. The number of ether oxygens (including phenoxy) is 1. The van der Waals surface area contributed by atoms with E-state index < -0.39 is 0 Å².